The number of quaternary nitrogens is 1. The van der Waals surface area contributed by atoms with E-state index in [0.29, 0.717) is 11.0 Å². The number of hydrogen-bond donors (Lipinski definition) is 0. The molecule has 0 radical (unpaired) electrons. The highest BCUT2D eigenvalue weighted by atomic mass is 16.5. The SMILES string of the molecule is CCCCCCC=CC=COC(CC(=O)[O-])C[N+](C)(C)C. The molecule has 0 aromatic rings. The number of likely N-dealkylation sites (N-methyl/N-ethyl adjacent to an activating group) is 1. The lowest BCUT2D eigenvalue weighted by Crippen LogP contribution is -2.44. The largest absolute Gasteiger partial charge is 0.550 e. The lowest BCUT2D eigenvalue weighted by Gasteiger charge is -2.28. The van der Waals surface area contributed by atoms with Crippen molar-refractivity contribution in [2.24, 2.45) is 0 Å². The fourth-order valence-electron chi connectivity index (χ4n) is 2.02. The Balaban J connectivity index is 4.02. The number of ether oxygens (including phenoxy) is 1. The second-order valence-electron chi connectivity index (χ2n) is 6.41. The van der Waals surface area contributed by atoms with Crippen molar-refractivity contribution in [3.8, 4) is 0 Å². The Kier molecular flexibility index (Phi) is 10.7. The minimum atomic E-state index is -1.08. The Hall–Kier alpha value is -1.29. The van der Waals surface area contributed by atoms with E-state index in [1.54, 1.807) is 6.26 Å². The van der Waals surface area contributed by atoms with Crippen molar-refractivity contribution < 1.29 is 19.1 Å². The molecule has 0 N–H and O–H groups in total. The van der Waals surface area contributed by atoms with E-state index >= 15 is 0 Å². The minimum Gasteiger partial charge on any atom is -0.550 e. The van der Waals surface area contributed by atoms with Crippen LogP contribution < -0.4 is 5.11 Å². The molecule has 0 aromatic heterocycles. The maximum atomic E-state index is 10.7. The number of nitrogens with zero attached hydrogens (tertiary/aromatic N) is 1. The molecule has 0 saturated carbocycles. The van der Waals surface area contributed by atoms with E-state index in [-0.39, 0.29) is 12.5 Å². The summed E-state index contributed by atoms with van der Waals surface area (Å²) in [4.78, 5) is 10.7. The Morgan fingerprint density at radius 3 is 2.48 bits per heavy atom. The van der Waals surface area contributed by atoms with Crippen molar-refractivity contribution in [2.45, 2.75) is 51.6 Å². The number of hydrogen-bond acceptors (Lipinski definition) is 3. The van der Waals surface area contributed by atoms with Gasteiger partial charge in [-0.2, -0.15) is 0 Å². The van der Waals surface area contributed by atoms with Crippen LogP contribution in [0.5, 0.6) is 0 Å². The van der Waals surface area contributed by atoms with Crippen LogP contribution in [0.25, 0.3) is 0 Å². The van der Waals surface area contributed by atoms with Gasteiger partial charge in [-0.3, -0.25) is 0 Å². The molecule has 0 heterocycles. The molecule has 0 aliphatic heterocycles. The van der Waals surface area contributed by atoms with E-state index in [2.05, 4.69) is 13.0 Å². The van der Waals surface area contributed by atoms with Crippen molar-refractivity contribution in [2.75, 3.05) is 27.7 Å². The monoisotopic (exact) mass is 297 g/mol. The lowest BCUT2D eigenvalue weighted by molar-refractivity contribution is -0.873. The van der Waals surface area contributed by atoms with E-state index in [0.717, 1.165) is 6.42 Å². The van der Waals surface area contributed by atoms with Gasteiger partial charge in [0.15, 0.2) is 6.10 Å². The van der Waals surface area contributed by atoms with Gasteiger partial charge in [-0.1, -0.05) is 38.3 Å². The summed E-state index contributed by atoms with van der Waals surface area (Å²) in [7, 11) is 6.02. The molecule has 1 atom stereocenters. The molecule has 0 aliphatic rings. The summed E-state index contributed by atoms with van der Waals surface area (Å²) in [6, 6.07) is 0. The molecule has 0 spiro atoms. The van der Waals surface area contributed by atoms with Crippen LogP contribution in [-0.4, -0.2) is 44.2 Å². The summed E-state index contributed by atoms with van der Waals surface area (Å²) in [5.74, 6) is -1.08. The number of carboxylic acid groups (broad SMARTS) is 1. The van der Waals surface area contributed by atoms with Crippen molar-refractivity contribution in [1.82, 2.24) is 0 Å². The van der Waals surface area contributed by atoms with Crippen molar-refractivity contribution in [3.05, 3.63) is 24.5 Å². The second-order valence-corrected chi connectivity index (χ2v) is 6.41. The van der Waals surface area contributed by atoms with Crippen molar-refractivity contribution in [3.63, 3.8) is 0 Å². The molecular formula is C17H31NO3. The highest BCUT2D eigenvalue weighted by Gasteiger charge is 2.18. The highest BCUT2D eigenvalue weighted by Crippen LogP contribution is 2.05. The summed E-state index contributed by atoms with van der Waals surface area (Å²) < 4.78 is 6.16. The molecule has 0 bridgehead atoms. The van der Waals surface area contributed by atoms with Gasteiger partial charge in [0.05, 0.1) is 27.4 Å². The van der Waals surface area contributed by atoms with Gasteiger partial charge in [-0.15, -0.1) is 0 Å². The Morgan fingerprint density at radius 1 is 1.19 bits per heavy atom. The van der Waals surface area contributed by atoms with E-state index < -0.39 is 5.97 Å². The minimum absolute atomic E-state index is 0.0827. The predicted molar refractivity (Wildman–Crippen MR) is 84.4 cm³/mol. The number of carbonyl (C=O) groups is 1. The van der Waals surface area contributed by atoms with Crippen molar-refractivity contribution in [1.29, 1.82) is 0 Å². The Morgan fingerprint density at radius 2 is 1.90 bits per heavy atom. The van der Waals surface area contributed by atoms with Crippen LogP contribution in [-0.2, 0) is 9.53 Å². The van der Waals surface area contributed by atoms with Gasteiger partial charge in [0.2, 0.25) is 0 Å². The lowest BCUT2D eigenvalue weighted by atomic mass is 10.1. The van der Waals surface area contributed by atoms with Crippen LogP contribution in [0.4, 0.5) is 0 Å². The fourth-order valence-corrected chi connectivity index (χ4v) is 2.02. The highest BCUT2D eigenvalue weighted by molar-refractivity contribution is 5.64. The molecule has 0 rings (SSSR count). The maximum absolute atomic E-state index is 10.7. The number of rotatable bonds is 12. The van der Waals surface area contributed by atoms with Gasteiger partial charge in [0.1, 0.15) is 6.54 Å². The van der Waals surface area contributed by atoms with Gasteiger partial charge in [0.25, 0.3) is 0 Å². The molecule has 4 nitrogen and oxygen atoms in total. The molecule has 0 amide bonds. The van der Waals surface area contributed by atoms with Gasteiger partial charge in [0, 0.05) is 12.4 Å². The van der Waals surface area contributed by atoms with E-state index in [4.69, 9.17) is 4.74 Å². The molecule has 0 aliphatic carbocycles. The number of unbranched alkanes of at least 4 members (excludes halogenated alkanes) is 4. The fraction of sp³-hybridized carbons (Fsp3) is 0.706. The molecule has 21 heavy (non-hydrogen) atoms. The molecule has 122 valence electrons. The first kappa shape index (κ1) is 19.7. The van der Waals surface area contributed by atoms with Crippen molar-refractivity contribution >= 4 is 5.97 Å². The molecule has 1 unspecified atom stereocenters. The summed E-state index contributed by atoms with van der Waals surface area (Å²) >= 11 is 0. The third-order valence-electron chi connectivity index (χ3n) is 2.97. The third kappa shape index (κ3) is 14.9. The number of aliphatic carboxylic acids is 1. The Bertz CT molecular complexity index is 329. The molecule has 0 saturated heterocycles. The first-order valence-electron chi connectivity index (χ1n) is 7.82. The molecular weight excluding hydrogens is 266 g/mol. The van der Waals surface area contributed by atoms with E-state index in [1.165, 1.54) is 25.7 Å². The average molecular weight is 297 g/mol. The van der Waals surface area contributed by atoms with Crippen LogP contribution in [0, 0.1) is 0 Å². The van der Waals surface area contributed by atoms with E-state index in [9.17, 15) is 9.90 Å². The smallest absolute Gasteiger partial charge is 0.152 e. The molecule has 0 aromatic carbocycles. The zero-order chi connectivity index (χ0) is 16.1. The zero-order valence-electron chi connectivity index (χ0n) is 14.0. The van der Waals surface area contributed by atoms with Crippen LogP contribution in [0.1, 0.15) is 45.4 Å². The zero-order valence-corrected chi connectivity index (χ0v) is 14.0. The first-order valence-corrected chi connectivity index (χ1v) is 7.82. The first-order chi connectivity index (χ1) is 9.85. The third-order valence-corrected chi connectivity index (χ3v) is 2.97. The van der Waals surface area contributed by atoms with Gasteiger partial charge < -0.3 is 19.1 Å². The van der Waals surface area contributed by atoms with Gasteiger partial charge in [-0.05, 0) is 18.9 Å². The quantitative estimate of drug-likeness (QED) is 0.240. The predicted octanol–water partition coefficient (Wildman–Crippen LogP) is 2.26. The van der Waals surface area contributed by atoms with Crippen LogP contribution >= 0.6 is 0 Å². The van der Waals surface area contributed by atoms with Crippen LogP contribution in [0.15, 0.2) is 24.5 Å². The summed E-state index contributed by atoms with van der Waals surface area (Å²) in [5, 5.41) is 10.7. The normalized spacial score (nSPS) is 13.9. The Labute approximate surface area is 129 Å². The van der Waals surface area contributed by atoms with Gasteiger partial charge >= 0.3 is 0 Å². The average Bonchev–Trinajstić information content (AvgIpc) is 2.34. The number of carboxylic acids is 1. The molecule has 0 fully saturated rings. The number of allylic oxidation sites excluding steroid dienone is 3. The van der Waals surface area contributed by atoms with Crippen LogP contribution in [0.2, 0.25) is 0 Å². The van der Waals surface area contributed by atoms with Crippen LogP contribution in [0.3, 0.4) is 0 Å². The van der Waals surface area contributed by atoms with Gasteiger partial charge in [-0.25, -0.2) is 0 Å². The topological polar surface area (TPSA) is 49.4 Å². The second kappa shape index (κ2) is 11.4. The standard InChI is InChI=1S/C17H31NO3/c1-5-6-7-8-9-10-11-12-13-21-16(14-17(19)20)15-18(2,3)4/h10-13,16H,5-9,14-15H2,1-4H3. The summed E-state index contributed by atoms with van der Waals surface area (Å²) in [5.41, 5.74) is 0. The van der Waals surface area contributed by atoms with E-state index in [1.807, 2.05) is 33.3 Å². The summed E-state index contributed by atoms with van der Waals surface area (Å²) in [6.07, 6.45) is 13.1. The maximum Gasteiger partial charge on any atom is 0.152 e. The number of carbonyl (C=O) groups excluding carboxylic acids is 1. The summed E-state index contributed by atoms with van der Waals surface area (Å²) in [6.45, 7) is 2.83. The molecule has 4 heteroatoms.